The molecular formula is C25H28N2O4. The summed E-state index contributed by atoms with van der Waals surface area (Å²) in [6.45, 7) is 0. The highest BCUT2D eigenvalue weighted by Gasteiger charge is 2.32. The number of methoxy groups -OCH3 is 4. The lowest BCUT2D eigenvalue weighted by Crippen LogP contribution is -2.31. The maximum atomic E-state index is 5.68. The standard InChI is InChI=1S/C25H28N2O4/c1-28-18-11-9-17(10-12-18)26-25(19-7-5-6-8-22(19)29-2)21-13-16-14-23(30-3)24(31-4)15-20(16)27-21/h5-12,14-15,21,25-27H,13H2,1-4H3/t21-,25+/m0/s1. The highest BCUT2D eigenvalue weighted by molar-refractivity contribution is 5.65. The molecule has 2 N–H and O–H groups in total. The van der Waals surface area contributed by atoms with E-state index < -0.39 is 0 Å². The first kappa shape index (κ1) is 20.7. The molecule has 0 bridgehead atoms. The number of ether oxygens (including phenoxy) is 4. The Labute approximate surface area is 183 Å². The van der Waals surface area contributed by atoms with Crippen molar-refractivity contribution in [3.8, 4) is 23.0 Å². The van der Waals surface area contributed by atoms with E-state index in [1.807, 2.05) is 54.6 Å². The quantitative estimate of drug-likeness (QED) is 0.540. The Balaban J connectivity index is 1.68. The fourth-order valence-corrected chi connectivity index (χ4v) is 4.10. The molecule has 2 atom stereocenters. The monoisotopic (exact) mass is 420 g/mol. The van der Waals surface area contributed by atoms with Crippen molar-refractivity contribution in [1.82, 2.24) is 0 Å². The van der Waals surface area contributed by atoms with Gasteiger partial charge >= 0.3 is 0 Å². The fourth-order valence-electron chi connectivity index (χ4n) is 4.10. The van der Waals surface area contributed by atoms with Crippen molar-refractivity contribution in [2.75, 3.05) is 39.1 Å². The van der Waals surface area contributed by atoms with E-state index in [2.05, 4.69) is 16.7 Å². The SMILES string of the molecule is COc1ccc(N[C@H](c2ccccc2OC)[C@@H]2Cc3cc(OC)c(OC)cc3N2)cc1. The number of hydrogen-bond donors (Lipinski definition) is 2. The molecule has 162 valence electrons. The minimum absolute atomic E-state index is 0.0334. The molecule has 0 saturated carbocycles. The van der Waals surface area contributed by atoms with Gasteiger partial charge in [-0.15, -0.1) is 0 Å². The Hall–Kier alpha value is -3.54. The molecule has 1 heterocycles. The lowest BCUT2D eigenvalue weighted by atomic mass is 9.95. The van der Waals surface area contributed by atoms with Gasteiger partial charge in [-0.25, -0.2) is 0 Å². The fraction of sp³-hybridized carbons (Fsp3) is 0.280. The van der Waals surface area contributed by atoms with Crippen LogP contribution in [0.2, 0.25) is 0 Å². The molecule has 3 aromatic carbocycles. The van der Waals surface area contributed by atoms with Crippen molar-refractivity contribution in [1.29, 1.82) is 0 Å². The Kier molecular flexibility index (Phi) is 6.07. The number of rotatable bonds is 8. The molecular weight excluding hydrogens is 392 g/mol. The lowest BCUT2D eigenvalue weighted by molar-refractivity contribution is 0.355. The van der Waals surface area contributed by atoms with Gasteiger partial charge in [0.2, 0.25) is 0 Å². The number of fused-ring (bicyclic) bond motifs is 1. The van der Waals surface area contributed by atoms with Gasteiger partial charge in [-0.05, 0) is 48.4 Å². The van der Waals surface area contributed by atoms with Crippen molar-refractivity contribution in [2.45, 2.75) is 18.5 Å². The zero-order chi connectivity index (χ0) is 21.8. The topological polar surface area (TPSA) is 61.0 Å². The Morgan fingerprint density at radius 3 is 2.16 bits per heavy atom. The average molecular weight is 421 g/mol. The molecule has 3 aromatic rings. The van der Waals surface area contributed by atoms with E-state index in [0.717, 1.165) is 40.6 Å². The highest BCUT2D eigenvalue weighted by Crippen LogP contribution is 2.41. The highest BCUT2D eigenvalue weighted by atomic mass is 16.5. The molecule has 0 aromatic heterocycles. The van der Waals surface area contributed by atoms with Crippen LogP contribution < -0.4 is 29.6 Å². The van der Waals surface area contributed by atoms with Gasteiger partial charge in [-0.3, -0.25) is 0 Å². The second-order valence-electron chi connectivity index (χ2n) is 7.41. The summed E-state index contributed by atoms with van der Waals surface area (Å²) in [6, 6.07) is 20.2. The predicted octanol–water partition coefficient (Wildman–Crippen LogP) is 4.91. The third-order valence-electron chi connectivity index (χ3n) is 5.68. The molecule has 0 spiro atoms. The Morgan fingerprint density at radius 1 is 0.806 bits per heavy atom. The second-order valence-corrected chi connectivity index (χ2v) is 7.41. The predicted molar refractivity (Wildman–Crippen MR) is 123 cm³/mol. The van der Waals surface area contributed by atoms with Crippen LogP contribution in [0.15, 0.2) is 60.7 Å². The van der Waals surface area contributed by atoms with Crippen LogP contribution in [0.4, 0.5) is 11.4 Å². The van der Waals surface area contributed by atoms with Crippen LogP contribution in [-0.4, -0.2) is 34.5 Å². The van der Waals surface area contributed by atoms with Crippen LogP contribution in [0.25, 0.3) is 0 Å². The van der Waals surface area contributed by atoms with Crippen LogP contribution in [0.5, 0.6) is 23.0 Å². The maximum absolute atomic E-state index is 5.68. The third-order valence-corrected chi connectivity index (χ3v) is 5.68. The maximum Gasteiger partial charge on any atom is 0.162 e. The van der Waals surface area contributed by atoms with Crippen LogP contribution >= 0.6 is 0 Å². The van der Waals surface area contributed by atoms with Gasteiger partial charge in [0.05, 0.1) is 40.5 Å². The zero-order valence-electron chi connectivity index (χ0n) is 18.3. The second kappa shape index (κ2) is 9.08. The summed E-state index contributed by atoms with van der Waals surface area (Å²) in [4.78, 5) is 0. The Bertz CT molecular complexity index is 1000. The van der Waals surface area contributed by atoms with Gasteiger partial charge < -0.3 is 29.6 Å². The normalized spacial score (nSPS) is 15.4. The minimum Gasteiger partial charge on any atom is -0.497 e. The molecule has 0 radical (unpaired) electrons. The van der Waals surface area contributed by atoms with E-state index in [-0.39, 0.29) is 12.1 Å². The average Bonchev–Trinajstić information content (AvgIpc) is 3.24. The largest absolute Gasteiger partial charge is 0.497 e. The van der Waals surface area contributed by atoms with E-state index in [1.54, 1.807) is 28.4 Å². The summed E-state index contributed by atoms with van der Waals surface area (Å²) in [5, 5.41) is 7.37. The summed E-state index contributed by atoms with van der Waals surface area (Å²) in [7, 11) is 6.69. The molecule has 0 fully saturated rings. The smallest absolute Gasteiger partial charge is 0.162 e. The summed E-state index contributed by atoms with van der Waals surface area (Å²) < 4.78 is 22.0. The van der Waals surface area contributed by atoms with Crippen molar-refractivity contribution < 1.29 is 18.9 Å². The molecule has 1 aliphatic heterocycles. The van der Waals surface area contributed by atoms with Gasteiger partial charge in [0.1, 0.15) is 11.5 Å². The van der Waals surface area contributed by atoms with E-state index in [4.69, 9.17) is 18.9 Å². The molecule has 1 aliphatic rings. The van der Waals surface area contributed by atoms with Gasteiger partial charge in [0.15, 0.2) is 11.5 Å². The van der Waals surface area contributed by atoms with Gasteiger partial charge in [-0.1, -0.05) is 18.2 Å². The van der Waals surface area contributed by atoms with Gasteiger partial charge in [0, 0.05) is 23.0 Å². The Morgan fingerprint density at radius 2 is 1.48 bits per heavy atom. The zero-order valence-corrected chi connectivity index (χ0v) is 18.3. The summed E-state index contributed by atoms with van der Waals surface area (Å²) in [5.74, 6) is 3.12. The van der Waals surface area contributed by atoms with Crippen LogP contribution in [-0.2, 0) is 6.42 Å². The molecule has 4 rings (SSSR count). The summed E-state index contributed by atoms with van der Waals surface area (Å²) >= 11 is 0. The first-order valence-corrected chi connectivity index (χ1v) is 10.2. The number of para-hydroxylation sites is 1. The van der Waals surface area contributed by atoms with Crippen molar-refractivity contribution in [2.24, 2.45) is 0 Å². The lowest BCUT2D eigenvalue weighted by Gasteiger charge is -2.28. The molecule has 31 heavy (non-hydrogen) atoms. The summed E-state index contributed by atoms with van der Waals surface area (Å²) in [6.07, 6.45) is 0.835. The number of anilines is 2. The van der Waals surface area contributed by atoms with E-state index >= 15 is 0 Å². The molecule has 0 amide bonds. The number of nitrogens with one attached hydrogen (secondary N) is 2. The summed E-state index contributed by atoms with van der Waals surface area (Å²) in [5.41, 5.74) is 4.34. The molecule has 0 saturated heterocycles. The first-order chi connectivity index (χ1) is 15.2. The van der Waals surface area contributed by atoms with Crippen LogP contribution in [0.3, 0.4) is 0 Å². The minimum atomic E-state index is -0.0334. The van der Waals surface area contributed by atoms with E-state index in [1.165, 1.54) is 5.56 Å². The molecule has 0 aliphatic carbocycles. The van der Waals surface area contributed by atoms with Gasteiger partial charge in [-0.2, -0.15) is 0 Å². The van der Waals surface area contributed by atoms with Crippen molar-refractivity contribution in [3.63, 3.8) is 0 Å². The van der Waals surface area contributed by atoms with Crippen molar-refractivity contribution >= 4 is 11.4 Å². The van der Waals surface area contributed by atoms with E-state index in [0.29, 0.717) is 5.75 Å². The van der Waals surface area contributed by atoms with E-state index in [9.17, 15) is 0 Å². The number of hydrogen-bond acceptors (Lipinski definition) is 6. The molecule has 0 unspecified atom stereocenters. The third kappa shape index (κ3) is 4.19. The van der Waals surface area contributed by atoms with Gasteiger partial charge in [0.25, 0.3) is 0 Å². The molecule has 6 heteroatoms. The first-order valence-electron chi connectivity index (χ1n) is 10.2. The van der Waals surface area contributed by atoms with Crippen LogP contribution in [0, 0.1) is 0 Å². The van der Waals surface area contributed by atoms with Crippen LogP contribution in [0.1, 0.15) is 17.2 Å². The van der Waals surface area contributed by atoms with Crippen molar-refractivity contribution in [3.05, 3.63) is 71.8 Å². The number of benzene rings is 3. The molecule has 6 nitrogen and oxygen atoms in total.